The fourth-order valence-corrected chi connectivity index (χ4v) is 6.29. The molecule has 1 aromatic heterocycles. The van der Waals surface area contributed by atoms with E-state index in [4.69, 9.17) is 12.2 Å². The van der Waals surface area contributed by atoms with E-state index in [-0.39, 0.29) is 31.0 Å². The Morgan fingerprint density at radius 3 is 2.14 bits per heavy atom. The zero-order valence-corrected chi connectivity index (χ0v) is 21.5. The Labute approximate surface area is 213 Å². The van der Waals surface area contributed by atoms with Crippen molar-refractivity contribution >= 4 is 76.4 Å². The van der Waals surface area contributed by atoms with Crippen molar-refractivity contribution in [1.82, 2.24) is 9.80 Å². The van der Waals surface area contributed by atoms with Crippen molar-refractivity contribution in [3.8, 4) is 0 Å². The number of hydrogen-bond donors (Lipinski definition) is 0. The Morgan fingerprint density at radius 1 is 0.829 bits per heavy atom. The maximum absolute atomic E-state index is 14.6. The van der Waals surface area contributed by atoms with Gasteiger partial charge >= 0.3 is 214 Å². The zero-order chi connectivity index (χ0) is 24.7. The van der Waals surface area contributed by atoms with Gasteiger partial charge in [0, 0.05) is 0 Å². The Hall–Kier alpha value is -3.58. The molecule has 0 bridgehead atoms. The molecule has 0 saturated carbocycles. The molecule has 0 radical (unpaired) electrons. The van der Waals surface area contributed by atoms with Crippen LogP contribution in [0.4, 0.5) is 20.3 Å². The van der Waals surface area contributed by atoms with Crippen LogP contribution in [0.15, 0.2) is 84.4 Å². The van der Waals surface area contributed by atoms with Gasteiger partial charge < -0.3 is 0 Å². The van der Waals surface area contributed by atoms with Crippen LogP contribution in [0.5, 0.6) is 0 Å². The maximum atomic E-state index is 14.6. The predicted octanol–water partition coefficient (Wildman–Crippen LogP) is 5.10. The van der Waals surface area contributed by atoms with Crippen LogP contribution in [-0.4, -0.2) is 55.3 Å². The van der Waals surface area contributed by atoms with Gasteiger partial charge in [0.15, 0.2) is 0 Å². The standard InChI is InChI=1S/C27H20FN3O2SSe/c1-29-25(32)21(26(33)30(2)27(29)34)16-18-12-15-24(35-18)31(17-8-4-3-5-9-17)23-14-13-22(28)19-10-6-7-11-20(19)23/h3-16H,1-2H3. The molecule has 0 N–H and O–H groups in total. The number of nitrogens with zero attached hydrogens (tertiary/aromatic N) is 3. The van der Waals surface area contributed by atoms with E-state index in [1.807, 2.05) is 60.7 Å². The van der Waals surface area contributed by atoms with E-state index in [9.17, 15) is 14.0 Å². The van der Waals surface area contributed by atoms with Gasteiger partial charge in [-0.15, -0.1) is 0 Å². The first-order valence-electron chi connectivity index (χ1n) is 10.8. The van der Waals surface area contributed by atoms with Crippen molar-refractivity contribution in [2.24, 2.45) is 0 Å². The van der Waals surface area contributed by atoms with Crippen molar-refractivity contribution in [3.05, 3.63) is 94.7 Å². The Balaban J connectivity index is 1.63. The number of hydrogen-bond acceptors (Lipinski definition) is 4. The molecule has 1 saturated heterocycles. The van der Waals surface area contributed by atoms with Gasteiger partial charge in [0.2, 0.25) is 0 Å². The summed E-state index contributed by atoms with van der Waals surface area (Å²) in [4.78, 5) is 30.2. The van der Waals surface area contributed by atoms with Gasteiger partial charge in [-0.25, -0.2) is 0 Å². The molecule has 0 spiro atoms. The fraction of sp³-hybridized carbons (Fsp3) is 0.0741. The van der Waals surface area contributed by atoms with E-state index >= 15 is 0 Å². The van der Waals surface area contributed by atoms with Crippen molar-refractivity contribution in [2.75, 3.05) is 19.0 Å². The third kappa shape index (κ3) is 4.10. The average molecular weight is 549 g/mol. The molecule has 8 heteroatoms. The number of thiocarbonyl (C=S) groups is 1. The van der Waals surface area contributed by atoms with Gasteiger partial charge in [-0.2, -0.15) is 0 Å². The Bertz CT molecular complexity index is 1490. The summed E-state index contributed by atoms with van der Waals surface area (Å²) in [6.45, 7) is 0. The van der Waals surface area contributed by atoms with E-state index < -0.39 is 11.8 Å². The summed E-state index contributed by atoms with van der Waals surface area (Å²) in [5.74, 6) is -1.09. The average Bonchev–Trinajstić information content (AvgIpc) is 3.34. The second-order valence-electron chi connectivity index (χ2n) is 8.03. The molecule has 1 aliphatic rings. The number of carbonyl (C=O) groups excluding carboxylic acids is 2. The Kier molecular flexibility index (Phi) is 6.11. The van der Waals surface area contributed by atoms with Crippen LogP contribution in [0.1, 0.15) is 4.44 Å². The monoisotopic (exact) mass is 549 g/mol. The third-order valence-electron chi connectivity index (χ3n) is 5.87. The van der Waals surface area contributed by atoms with Crippen LogP contribution in [0.3, 0.4) is 0 Å². The predicted molar refractivity (Wildman–Crippen MR) is 142 cm³/mol. The number of carbonyl (C=O) groups is 2. The number of benzene rings is 3. The van der Waals surface area contributed by atoms with Crippen LogP contribution >= 0.6 is 12.2 Å². The summed E-state index contributed by atoms with van der Waals surface area (Å²) in [7, 11) is 3.13. The summed E-state index contributed by atoms with van der Waals surface area (Å²) >= 11 is 4.96. The molecule has 2 amide bonds. The van der Waals surface area contributed by atoms with Gasteiger partial charge in [-0.3, -0.25) is 0 Å². The molecule has 1 fully saturated rings. The molecule has 2 heterocycles. The van der Waals surface area contributed by atoms with Crippen molar-refractivity contribution < 1.29 is 14.0 Å². The number of rotatable bonds is 4. The summed E-state index contributed by atoms with van der Waals surface area (Å²) < 4.78 is 16.4. The van der Waals surface area contributed by atoms with Crippen LogP contribution in [0, 0.1) is 5.82 Å². The van der Waals surface area contributed by atoms with Crippen molar-refractivity contribution in [1.29, 1.82) is 0 Å². The minimum atomic E-state index is -0.410. The van der Waals surface area contributed by atoms with Gasteiger partial charge in [0.05, 0.1) is 0 Å². The van der Waals surface area contributed by atoms with Crippen LogP contribution in [0.25, 0.3) is 16.8 Å². The van der Waals surface area contributed by atoms with E-state index in [2.05, 4.69) is 4.90 Å². The second-order valence-corrected chi connectivity index (χ2v) is 10.7. The first-order chi connectivity index (χ1) is 16.9. The first-order valence-corrected chi connectivity index (χ1v) is 12.9. The van der Waals surface area contributed by atoms with Crippen LogP contribution in [0.2, 0.25) is 0 Å². The van der Waals surface area contributed by atoms with E-state index in [1.165, 1.54) is 15.9 Å². The number of amides is 2. The molecule has 0 aliphatic carbocycles. The van der Waals surface area contributed by atoms with Gasteiger partial charge in [-0.1, -0.05) is 0 Å². The molecule has 174 valence electrons. The van der Waals surface area contributed by atoms with Crippen LogP contribution < -0.4 is 4.90 Å². The molecule has 5 rings (SSSR count). The molecular weight excluding hydrogens is 528 g/mol. The van der Waals surface area contributed by atoms with Gasteiger partial charge in [0.25, 0.3) is 0 Å². The molecule has 35 heavy (non-hydrogen) atoms. The Morgan fingerprint density at radius 2 is 1.46 bits per heavy atom. The second kappa shape index (κ2) is 9.23. The topological polar surface area (TPSA) is 43.9 Å². The molecule has 1 aliphatic heterocycles. The number of fused-ring (bicyclic) bond motifs is 1. The quantitative estimate of drug-likeness (QED) is 0.154. The first kappa shape index (κ1) is 23.2. The molecule has 3 aromatic carbocycles. The number of halogens is 1. The van der Waals surface area contributed by atoms with Crippen molar-refractivity contribution in [2.45, 2.75) is 0 Å². The van der Waals surface area contributed by atoms with E-state index in [0.717, 1.165) is 25.8 Å². The van der Waals surface area contributed by atoms with E-state index in [0.29, 0.717) is 5.39 Å². The number of anilines is 3. The summed E-state index contributed by atoms with van der Waals surface area (Å²) in [6, 6.07) is 24.5. The number of likely N-dealkylation sites (N-methyl/N-ethyl adjacent to an activating group) is 2. The fourth-order valence-electron chi connectivity index (χ4n) is 4.06. The molecule has 0 atom stereocenters. The zero-order valence-electron chi connectivity index (χ0n) is 18.9. The van der Waals surface area contributed by atoms with E-state index in [1.54, 1.807) is 32.3 Å². The van der Waals surface area contributed by atoms with Gasteiger partial charge in [0.1, 0.15) is 0 Å². The summed E-state index contributed by atoms with van der Waals surface area (Å²) in [5.41, 5.74) is 1.89. The molecule has 0 unspecified atom stereocenters. The minimum absolute atomic E-state index is 0.0878. The molecule has 5 nitrogen and oxygen atoms in total. The van der Waals surface area contributed by atoms with Gasteiger partial charge in [-0.05, 0) is 0 Å². The SMILES string of the molecule is CN1C(=O)C(=Cc2ccc(N(c3ccccc3)c3ccc(F)c4ccccc34)[se]2)C(=O)N(C)C1=S. The van der Waals surface area contributed by atoms with Crippen molar-refractivity contribution in [3.63, 3.8) is 0 Å². The molecular formula is C27H20FN3O2SSe. The normalized spacial score (nSPS) is 14.1. The third-order valence-corrected chi connectivity index (χ3v) is 8.55. The molecule has 4 aromatic rings. The van der Waals surface area contributed by atoms with Crippen LogP contribution in [-0.2, 0) is 9.59 Å². The number of para-hydroxylation sites is 1. The summed E-state index contributed by atoms with van der Waals surface area (Å²) in [5, 5.41) is 1.53. The summed E-state index contributed by atoms with van der Waals surface area (Å²) in [6.07, 6.45) is 1.66.